The molecular weight excluding hydrogens is 429 g/mol. The van der Waals surface area contributed by atoms with Crippen LogP contribution in [-0.2, 0) is 25.1 Å². The number of methoxy groups -OCH3 is 2. The molecule has 0 atom stereocenters. The van der Waals surface area contributed by atoms with E-state index in [9.17, 15) is 0 Å². The Morgan fingerprint density at radius 1 is 0.792 bits per heavy atom. The summed E-state index contributed by atoms with van der Waals surface area (Å²) in [5.74, 6) is 1.80. The van der Waals surface area contributed by atoms with E-state index < -0.39 is 4.71 Å². The summed E-state index contributed by atoms with van der Waals surface area (Å²) in [6.07, 6.45) is 4.17. The number of hydrogen-bond donors (Lipinski definition) is 0. The Hall–Kier alpha value is 0.976. The molecule has 0 heterocycles. The number of rotatable bonds is 8. The van der Waals surface area contributed by atoms with Crippen LogP contribution in [0.1, 0.15) is 11.1 Å². The Kier molecular flexibility index (Phi) is 11.2. The van der Waals surface area contributed by atoms with Gasteiger partial charge in [-0.3, -0.25) is 0 Å². The molecule has 0 aliphatic rings. The monoisotopic (exact) mass is 452 g/mol. The maximum atomic E-state index is 5.85. The van der Waals surface area contributed by atoms with Gasteiger partial charge in [-0.05, 0) is 0 Å². The second kappa shape index (κ2) is 11.6. The van der Waals surface area contributed by atoms with Crippen molar-refractivity contribution in [3.63, 3.8) is 0 Å². The normalized spacial score (nSPS) is 10.8. The zero-order valence-corrected chi connectivity index (χ0v) is 21.1. The summed E-state index contributed by atoms with van der Waals surface area (Å²) >= 11 is 9.16. The van der Waals surface area contributed by atoms with E-state index >= 15 is 0 Å². The van der Waals surface area contributed by atoms with Crippen molar-refractivity contribution in [1.82, 2.24) is 0 Å². The predicted octanol–water partition coefficient (Wildman–Crippen LogP) is 1.06. The molecule has 0 aliphatic carbocycles. The largest absolute Gasteiger partial charge is 1.00 e. The summed E-state index contributed by atoms with van der Waals surface area (Å²) in [6, 6.07) is 16.5. The van der Waals surface area contributed by atoms with Crippen LogP contribution >= 0.6 is 4.71 Å². The van der Waals surface area contributed by atoms with Gasteiger partial charge in [-0.2, -0.15) is 0 Å². The molecule has 0 radical (unpaired) electrons. The number of benzene rings is 2. The van der Waals surface area contributed by atoms with E-state index in [1.54, 1.807) is 14.2 Å². The Balaban J connectivity index is 0.00000288. The van der Waals surface area contributed by atoms with Crippen LogP contribution in [0.3, 0.4) is 0 Å². The van der Waals surface area contributed by atoms with Gasteiger partial charge in [-0.15, -0.1) is 0 Å². The van der Waals surface area contributed by atoms with Crippen molar-refractivity contribution in [2.75, 3.05) is 26.5 Å². The van der Waals surface area contributed by atoms with Gasteiger partial charge in [0.15, 0.2) is 0 Å². The van der Waals surface area contributed by atoms with Crippen molar-refractivity contribution < 1.29 is 60.9 Å². The molecule has 0 spiro atoms. The molecule has 0 amide bonds. The van der Waals surface area contributed by atoms with Gasteiger partial charge in [0.05, 0.1) is 0 Å². The second-order valence-corrected chi connectivity index (χ2v) is 16.0. The van der Waals surface area contributed by atoms with Crippen LogP contribution < -0.4 is 60.9 Å². The van der Waals surface area contributed by atoms with Gasteiger partial charge >= 0.3 is 203 Å². The van der Waals surface area contributed by atoms with Crippen LogP contribution in [0.5, 0.6) is 11.5 Å². The average molecular weight is 451 g/mol. The van der Waals surface area contributed by atoms with Gasteiger partial charge in [0, 0.05) is 0 Å². The zero-order chi connectivity index (χ0) is 16.7. The van der Waals surface area contributed by atoms with E-state index in [1.165, 1.54) is 11.1 Å². The van der Waals surface area contributed by atoms with Crippen LogP contribution in [0.25, 0.3) is 0 Å². The van der Waals surface area contributed by atoms with Crippen molar-refractivity contribution in [3.8, 4) is 11.5 Å². The zero-order valence-electron chi connectivity index (χ0n) is 14.5. The van der Waals surface area contributed by atoms with Gasteiger partial charge < -0.3 is 0 Å². The Bertz CT molecular complexity index is 606. The molecule has 6 heteroatoms. The molecule has 0 aromatic heterocycles. The van der Waals surface area contributed by atoms with Crippen molar-refractivity contribution in [3.05, 3.63) is 59.7 Å². The Morgan fingerprint density at radius 2 is 1.12 bits per heavy atom. The average Bonchev–Trinajstić information content (AvgIpc) is 2.59. The molecule has 24 heavy (non-hydrogen) atoms. The number of ether oxygens (including phenoxy) is 2. The molecule has 0 aliphatic heterocycles. The van der Waals surface area contributed by atoms with E-state index in [0.717, 1.165) is 36.7 Å². The number of aryl methyl sites for hydroxylation is 2. The first-order chi connectivity index (χ1) is 11.0. The quantitative estimate of drug-likeness (QED) is 0.340. The van der Waals surface area contributed by atoms with Crippen LogP contribution in [0.15, 0.2) is 48.5 Å². The van der Waals surface area contributed by atoms with Crippen LogP contribution in [-0.4, -0.2) is 41.6 Å². The first-order valence-corrected chi connectivity index (χ1v) is 13.0. The van der Waals surface area contributed by atoms with Gasteiger partial charge in [0.2, 0.25) is 0 Å². The maximum absolute atomic E-state index is 5.85. The maximum Gasteiger partial charge on any atom is 1.00 e. The third-order valence-electron chi connectivity index (χ3n) is 3.80. The fourth-order valence-corrected chi connectivity index (χ4v) is 5.41. The Labute approximate surface area is 200 Å². The molecule has 124 valence electrons. The third-order valence-corrected chi connectivity index (χ3v) is 9.00. The molecule has 2 aromatic rings. The summed E-state index contributed by atoms with van der Waals surface area (Å²) in [6.45, 7) is 0. The summed E-state index contributed by atoms with van der Waals surface area (Å²) < 4.78 is 8.96. The van der Waals surface area contributed by atoms with Gasteiger partial charge in [-0.1, -0.05) is 0 Å². The minimum Gasteiger partial charge on any atom is 1.00 e. The molecule has 2 rings (SSSR count). The molecule has 0 bridgehead atoms. The molecule has 0 saturated heterocycles. The van der Waals surface area contributed by atoms with E-state index in [-0.39, 0.29) is 51.4 Å². The van der Waals surface area contributed by atoms with Gasteiger partial charge in [0.25, 0.3) is 0 Å². The third kappa shape index (κ3) is 8.12. The second-order valence-electron chi connectivity index (χ2n) is 5.46. The molecule has 0 N–H and O–H groups in total. The van der Waals surface area contributed by atoms with Crippen LogP contribution in [0.2, 0.25) is 0 Å². The molecule has 0 unspecified atom stereocenters. The summed E-state index contributed by atoms with van der Waals surface area (Å²) in [5.41, 5.74) is 2.64. The van der Waals surface area contributed by atoms with Crippen LogP contribution in [0.4, 0.5) is 0 Å². The summed E-state index contributed by atoms with van der Waals surface area (Å²) in [5, 5.41) is 0. The van der Waals surface area contributed by atoms with E-state index in [0.29, 0.717) is 0 Å². The van der Waals surface area contributed by atoms with E-state index in [1.807, 2.05) is 24.3 Å². The topological polar surface area (TPSA) is 18.5 Å². The van der Waals surface area contributed by atoms with Crippen molar-refractivity contribution in [2.24, 2.45) is 0 Å². The van der Waals surface area contributed by atoms with Gasteiger partial charge in [-0.25, -0.2) is 0 Å². The number of hydrogen-bond acceptors (Lipinski definition) is 3. The molecule has 2 aromatic carbocycles. The Morgan fingerprint density at radius 3 is 1.42 bits per heavy atom. The summed E-state index contributed by atoms with van der Waals surface area (Å²) in [7, 11) is 3.38. The fraction of sp³-hybridized carbons (Fsp3) is 0.333. The minimum absolute atomic E-state index is 0. The first-order valence-electron chi connectivity index (χ1n) is 7.57. The molecular formula is C18H22KO2PSSe. The van der Waals surface area contributed by atoms with Crippen molar-refractivity contribution in [1.29, 1.82) is 0 Å². The fourth-order valence-electron chi connectivity index (χ4n) is 2.30. The predicted molar refractivity (Wildman–Crippen MR) is 103 cm³/mol. The standard InChI is InChI=1S/C18H23O2PSSe.K/c1-19-17-7-3-15(4-8-17)11-13-21(22,23)14-12-16-5-9-18(20-2)10-6-16;/h3-10H,11-14H2,1-2H3,(H,22,23);/q;+1/p-1. The summed E-state index contributed by atoms with van der Waals surface area (Å²) in [4.78, 5) is 0. The van der Waals surface area contributed by atoms with Crippen LogP contribution in [0, 0.1) is 0 Å². The smallest absolute Gasteiger partial charge is 1.00 e. The minimum atomic E-state index is -1.42. The van der Waals surface area contributed by atoms with Crippen molar-refractivity contribution >= 4 is 32.1 Å². The molecule has 0 saturated carbocycles. The molecule has 0 fully saturated rings. The van der Waals surface area contributed by atoms with E-state index in [2.05, 4.69) is 39.4 Å². The van der Waals surface area contributed by atoms with E-state index in [4.69, 9.17) is 21.7 Å². The SMILES string of the molecule is COc1ccc(CCP([S-])(=[Se])CCc2ccc(OC)cc2)cc1.[K+]. The molecule has 2 nitrogen and oxygen atoms in total. The van der Waals surface area contributed by atoms with Crippen molar-refractivity contribution in [2.45, 2.75) is 12.8 Å². The first kappa shape index (κ1) is 23.0. The van der Waals surface area contributed by atoms with Gasteiger partial charge in [0.1, 0.15) is 0 Å².